The van der Waals surface area contributed by atoms with Crippen LogP contribution < -0.4 is 4.90 Å². The summed E-state index contributed by atoms with van der Waals surface area (Å²) in [6.07, 6.45) is 0.0530. The Hall–Kier alpha value is -2.21. The van der Waals surface area contributed by atoms with Gasteiger partial charge >= 0.3 is 0 Å². The van der Waals surface area contributed by atoms with Gasteiger partial charge in [-0.05, 0) is 42.8 Å². The molecule has 0 aliphatic rings. The molecular weight excluding hydrogens is 329 g/mol. The van der Waals surface area contributed by atoms with Crippen molar-refractivity contribution >= 4 is 21.4 Å². The molecule has 0 unspecified atom stereocenters. The monoisotopic (exact) mass is 349 g/mol. The van der Waals surface area contributed by atoms with Crippen molar-refractivity contribution < 1.29 is 17.6 Å². The zero-order valence-corrected chi connectivity index (χ0v) is 14.5. The maximum atomic E-state index is 13.4. The van der Waals surface area contributed by atoms with E-state index in [1.54, 1.807) is 38.1 Å². The van der Waals surface area contributed by atoms with Crippen LogP contribution in [0.5, 0.6) is 0 Å². The minimum Gasteiger partial charge on any atom is -0.312 e. The highest BCUT2D eigenvalue weighted by atomic mass is 32.2. The lowest BCUT2D eigenvalue weighted by atomic mass is 10.1. The first-order valence-electron chi connectivity index (χ1n) is 7.75. The number of anilines is 1. The molecule has 6 heteroatoms. The van der Waals surface area contributed by atoms with Crippen molar-refractivity contribution in [3.63, 3.8) is 0 Å². The van der Waals surface area contributed by atoms with Gasteiger partial charge in [0, 0.05) is 12.2 Å². The topological polar surface area (TPSA) is 54.5 Å². The van der Waals surface area contributed by atoms with Crippen LogP contribution in [0.25, 0.3) is 0 Å². The standard InChI is InChI=1S/C18H20FNO3S/c1-3-20(16-9-6-8-15(19)13-16)18(21)12-14-7-5-10-17(11-14)24(22,23)4-2/h5-11,13H,3-4,12H2,1-2H3. The van der Waals surface area contributed by atoms with Crippen molar-refractivity contribution in [2.45, 2.75) is 25.2 Å². The van der Waals surface area contributed by atoms with Gasteiger partial charge in [0.1, 0.15) is 5.82 Å². The Kier molecular flexibility index (Phi) is 5.72. The molecule has 0 bridgehead atoms. The Morgan fingerprint density at radius 2 is 1.79 bits per heavy atom. The molecule has 0 saturated heterocycles. The van der Waals surface area contributed by atoms with Crippen LogP contribution in [0.4, 0.5) is 10.1 Å². The molecule has 4 nitrogen and oxygen atoms in total. The number of nitrogens with zero attached hydrogens (tertiary/aromatic N) is 1. The van der Waals surface area contributed by atoms with Crippen molar-refractivity contribution in [1.82, 2.24) is 0 Å². The molecule has 0 atom stereocenters. The third-order valence-electron chi connectivity index (χ3n) is 3.73. The van der Waals surface area contributed by atoms with E-state index < -0.39 is 15.7 Å². The van der Waals surface area contributed by atoms with Crippen LogP contribution in [0.15, 0.2) is 53.4 Å². The van der Waals surface area contributed by atoms with Crippen LogP contribution in [0.3, 0.4) is 0 Å². The lowest BCUT2D eigenvalue weighted by molar-refractivity contribution is -0.117. The Bertz CT molecular complexity index is 834. The minimum absolute atomic E-state index is 0.00871. The summed E-state index contributed by atoms with van der Waals surface area (Å²) >= 11 is 0. The lowest BCUT2D eigenvalue weighted by Crippen LogP contribution is -2.32. The van der Waals surface area contributed by atoms with Gasteiger partial charge in [-0.1, -0.05) is 25.1 Å². The Morgan fingerprint density at radius 3 is 2.42 bits per heavy atom. The van der Waals surface area contributed by atoms with Gasteiger partial charge in [-0.15, -0.1) is 0 Å². The largest absolute Gasteiger partial charge is 0.312 e. The fraction of sp³-hybridized carbons (Fsp3) is 0.278. The van der Waals surface area contributed by atoms with Gasteiger partial charge in [0.2, 0.25) is 5.91 Å². The quantitative estimate of drug-likeness (QED) is 0.805. The van der Waals surface area contributed by atoms with Gasteiger partial charge in [0.25, 0.3) is 0 Å². The highest BCUT2D eigenvalue weighted by Crippen LogP contribution is 2.18. The summed E-state index contributed by atoms with van der Waals surface area (Å²) in [5.74, 6) is -0.613. The van der Waals surface area contributed by atoms with Gasteiger partial charge in [-0.25, -0.2) is 12.8 Å². The summed E-state index contributed by atoms with van der Waals surface area (Å²) in [4.78, 5) is 14.2. The molecule has 0 saturated carbocycles. The van der Waals surface area contributed by atoms with Gasteiger partial charge in [-0.3, -0.25) is 4.79 Å². The van der Waals surface area contributed by atoms with E-state index in [-0.39, 0.29) is 23.0 Å². The fourth-order valence-corrected chi connectivity index (χ4v) is 3.38. The summed E-state index contributed by atoms with van der Waals surface area (Å²) in [6, 6.07) is 12.2. The molecule has 2 aromatic rings. The predicted molar refractivity (Wildman–Crippen MR) is 92.3 cm³/mol. The molecule has 0 radical (unpaired) electrons. The molecule has 1 amide bonds. The Morgan fingerprint density at radius 1 is 1.08 bits per heavy atom. The van der Waals surface area contributed by atoms with E-state index in [9.17, 15) is 17.6 Å². The average molecular weight is 349 g/mol. The Labute approximate surface area is 141 Å². The second-order valence-electron chi connectivity index (χ2n) is 5.35. The van der Waals surface area contributed by atoms with E-state index in [1.165, 1.54) is 29.2 Å². The van der Waals surface area contributed by atoms with Gasteiger partial charge in [-0.2, -0.15) is 0 Å². The summed E-state index contributed by atoms with van der Waals surface area (Å²) < 4.78 is 37.3. The van der Waals surface area contributed by atoms with Crippen LogP contribution in [0.1, 0.15) is 19.4 Å². The summed E-state index contributed by atoms with van der Waals surface area (Å²) in [7, 11) is -3.31. The summed E-state index contributed by atoms with van der Waals surface area (Å²) in [5, 5.41) is 0. The van der Waals surface area contributed by atoms with E-state index in [0.717, 1.165) is 0 Å². The van der Waals surface area contributed by atoms with Gasteiger partial charge in [0.15, 0.2) is 9.84 Å². The van der Waals surface area contributed by atoms with Crippen LogP contribution in [-0.2, 0) is 21.1 Å². The minimum atomic E-state index is -3.31. The molecule has 0 aliphatic carbocycles. The second-order valence-corrected chi connectivity index (χ2v) is 7.62. The molecule has 128 valence electrons. The SMILES string of the molecule is CCN(C(=O)Cc1cccc(S(=O)(=O)CC)c1)c1cccc(F)c1. The maximum Gasteiger partial charge on any atom is 0.231 e. The molecule has 0 fully saturated rings. The zero-order valence-electron chi connectivity index (χ0n) is 13.7. The number of amides is 1. The van der Waals surface area contributed by atoms with E-state index in [4.69, 9.17) is 0 Å². The van der Waals surface area contributed by atoms with Crippen molar-refractivity contribution in [2.24, 2.45) is 0 Å². The molecule has 24 heavy (non-hydrogen) atoms. The van der Waals surface area contributed by atoms with Crippen LogP contribution in [-0.4, -0.2) is 26.6 Å². The molecule has 2 aromatic carbocycles. The number of likely N-dealkylation sites (N-methyl/N-ethyl adjacent to an activating group) is 1. The molecule has 0 aliphatic heterocycles. The molecule has 0 aromatic heterocycles. The third kappa shape index (κ3) is 4.20. The van der Waals surface area contributed by atoms with Gasteiger partial charge < -0.3 is 4.90 Å². The number of hydrogen-bond acceptors (Lipinski definition) is 3. The summed E-state index contributed by atoms with van der Waals surface area (Å²) in [6.45, 7) is 3.78. The lowest BCUT2D eigenvalue weighted by Gasteiger charge is -2.21. The summed E-state index contributed by atoms with van der Waals surface area (Å²) in [5.41, 5.74) is 1.10. The van der Waals surface area contributed by atoms with Crippen LogP contribution >= 0.6 is 0 Å². The third-order valence-corrected chi connectivity index (χ3v) is 5.46. The van der Waals surface area contributed by atoms with E-state index in [0.29, 0.717) is 17.8 Å². The highest BCUT2D eigenvalue weighted by Gasteiger charge is 2.17. The molecule has 0 heterocycles. The number of sulfone groups is 1. The van der Waals surface area contributed by atoms with Crippen molar-refractivity contribution in [1.29, 1.82) is 0 Å². The maximum absolute atomic E-state index is 13.4. The van der Waals surface area contributed by atoms with Crippen molar-refractivity contribution in [3.05, 3.63) is 59.9 Å². The zero-order chi connectivity index (χ0) is 17.7. The Balaban J connectivity index is 2.24. The number of carbonyl (C=O) groups excluding carboxylic acids is 1. The van der Waals surface area contributed by atoms with Crippen molar-refractivity contribution in [2.75, 3.05) is 17.2 Å². The number of benzene rings is 2. The predicted octanol–water partition coefficient (Wildman–Crippen LogP) is 3.21. The van der Waals surface area contributed by atoms with Crippen LogP contribution in [0.2, 0.25) is 0 Å². The first kappa shape index (κ1) is 18.1. The normalized spacial score (nSPS) is 11.3. The van der Waals surface area contributed by atoms with E-state index >= 15 is 0 Å². The fourth-order valence-electron chi connectivity index (χ4n) is 2.43. The molecule has 0 spiro atoms. The van der Waals surface area contributed by atoms with Crippen molar-refractivity contribution in [3.8, 4) is 0 Å². The van der Waals surface area contributed by atoms with Gasteiger partial charge in [0.05, 0.1) is 17.1 Å². The number of rotatable bonds is 6. The molecule has 2 rings (SSSR count). The first-order valence-corrected chi connectivity index (χ1v) is 9.40. The van der Waals surface area contributed by atoms with E-state index in [2.05, 4.69) is 0 Å². The average Bonchev–Trinajstić information content (AvgIpc) is 2.56. The number of hydrogen-bond donors (Lipinski definition) is 0. The van der Waals surface area contributed by atoms with E-state index in [1.807, 2.05) is 0 Å². The number of halogens is 1. The molecule has 0 N–H and O–H groups in total. The number of carbonyl (C=O) groups is 1. The first-order chi connectivity index (χ1) is 11.4. The molecular formula is C18H20FNO3S. The smallest absolute Gasteiger partial charge is 0.231 e. The second kappa shape index (κ2) is 7.57. The van der Waals surface area contributed by atoms with Crippen LogP contribution in [0, 0.1) is 5.82 Å². The highest BCUT2D eigenvalue weighted by molar-refractivity contribution is 7.91.